The summed E-state index contributed by atoms with van der Waals surface area (Å²) in [4.78, 5) is 31.8. The molecule has 0 bridgehead atoms. The van der Waals surface area contributed by atoms with Crippen LogP contribution in [0.15, 0.2) is 30.5 Å². The Kier molecular flexibility index (Phi) is 7.89. The largest absolute Gasteiger partial charge is 0.416 e. The fourth-order valence-corrected chi connectivity index (χ4v) is 5.94. The van der Waals surface area contributed by atoms with E-state index >= 15 is 0 Å². The van der Waals surface area contributed by atoms with Gasteiger partial charge in [-0.1, -0.05) is 18.2 Å². The van der Waals surface area contributed by atoms with Crippen LogP contribution in [0.4, 0.5) is 18.0 Å². The first-order chi connectivity index (χ1) is 18.6. The average Bonchev–Trinajstić information content (AvgIpc) is 3.45. The number of likely N-dealkylation sites (tertiary alicyclic amines) is 2. The van der Waals surface area contributed by atoms with Crippen LogP contribution in [0.5, 0.6) is 0 Å². The Bertz CT molecular complexity index is 1180. The fraction of sp³-hybridized carbons (Fsp3) is 0.607. The third kappa shape index (κ3) is 5.92. The SMILES string of the molecule is CN(C)CCNC(=O)N1CCC(n2ncc(C(=O)N3CCCC3c3ccccc3C(F)(F)F)c2C2CC2)CC1. The summed E-state index contributed by atoms with van der Waals surface area (Å²) >= 11 is 0. The topological polar surface area (TPSA) is 73.7 Å². The van der Waals surface area contributed by atoms with Crippen LogP contribution in [0.2, 0.25) is 0 Å². The van der Waals surface area contributed by atoms with Gasteiger partial charge in [0.15, 0.2) is 0 Å². The van der Waals surface area contributed by atoms with Gasteiger partial charge in [-0.25, -0.2) is 4.79 Å². The molecule has 2 aromatic rings. The lowest BCUT2D eigenvalue weighted by Crippen LogP contribution is -2.46. The first kappa shape index (κ1) is 27.5. The lowest BCUT2D eigenvalue weighted by molar-refractivity contribution is -0.138. The molecule has 3 aliphatic rings. The maximum Gasteiger partial charge on any atom is 0.416 e. The molecule has 2 aliphatic heterocycles. The number of nitrogens with zero attached hydrogens (tertiary/aromatic N) is 5. The van der Waals surface area contributed by atoms with Crippen LogP contribution in [0.1, 0.15) is 83.7 Å². The molecule has 3 amide bonds. The monoisotopic (exact) mass is 546 g/mol. The highest BCUT2D eigenvalue weighted by Crippen LogP contribution is 2.45. The van der Waals surface area contributed by atoms with Crippen molar-refractivity contribution in [2.75, 3.05) is 46.8 Å². The highest BCUT2D eigenvalue weighted by Gasteiger charge is 2.42. The Hall–Kier alpha value is -3.08. The third-order valence-electron chi connectivity index (χ3n) is 8.10. The number of benzene rings is 1. The Balaban J connectivity index is 1.31. The molecule has 11 heteroatoms. The van der Waals surface area contributed by atoms with E-state index in [1.165, 1.54) is 12.1 Å². The number of hydrogen-bond donors (Lipinski definition) is 1. The molecule has 1 aliphatic carbocycles. The van der Waals surface area contributed by atoms with Gasteiger partial charge in [-0.2, -0.15) is 18.3 Å². The minimum absolute atomic E-state index is 0.0618. The normalized spacial score (nSPS) is 20.6. The number of piperidine rings is 1. The number of carbonyl (C=O) groups excluding carboxylic acids is 2. The highest BCUT2D eigenvalue weighted by atomic mass is 19.4. The molecular formula is C28H37F3N6O2. The maximum atomic E-state index is 13.9. The standard InChI is InChI=1S/C28H37F3N6O2/c1-34(2)17-13-32-27(39)35-15-11-20(12-16-35)37-25(19-9-10-19)22(18-33-37)26(38)36-14-5-8-24(36)21-6-3-4-7-23(21)28(29,30)31/h3-4,6-7,18-20,24H,5,8-17H2,1-2H3,(H,32,39). The molecule has 1 unspecified atom stereocenters. The molecule has 3 heterocycles. The minimum Gasteiger partial charge on any atom is -0.337 e. The zero-order valence-corrected chi connectivity index (χ0v) is 22.6. The van der Waals surface area contributed by atoms with Crippen molar-refractivity contribution < 1.29 is 22.8 Å². The summed E-state index contributed by atoms with van der Waals surface area (Å²) in [6, 6.07) is 4.99. The molecule has 0 radical (unpaired) electrons. The number of likely N-dealkylation sites (N-methyl/N-ethyl adjacent to an activating group) is 1. The van der Waals surface area contributed by atoms with Crippen molar-refractivity contribution >= 4 is 11.9 Å². The third-order valence-corrected chi connectivity index (χ3v) is 8.10. The van der Waals surface area contributed by atoms with Crippen LogP contribution in [0.25, 0.3) is 0 Å². The zero-order valence-electron chi connectivity index (χ0n) is 22.6. The first-order valence-electron chi connectivity index (χ1n) is 13.9. The Morgan fingerprint density at radius 2 is 1.77 bits per heavy atom. The van der Waals surface area contributed by atoms with E-state index in [9.17, 15) is 22.8 Å². The van der Waals surface area contributed by atoms with Crippen molar-refractivity contribution in [3.05, 3.63) is 52.8 Å². The summed E-state index contributed by atoms with van der Waals surface area (Å²) in [6.07, 6.45) is 1.71. The summed E-state index contributed by atoms with van der Waals surface area (Å²) < 4.78 is 43.3. The minimum atomic E-state index is -4.48. The number of hydrogen-bond acceptors (Lipinski definition) is 4. The second-order valence-corrected chi connectivity index (χ2v) is 11.2. The Morgan fingerprint density at radius 3 is 2.44 bits per heavy atom. The van der Waals surface area contributed by atoms with E-state index in [1.54, 1.807) is 17.2 Å². The van der Waals surface area contributed by atoms with E-state index in [0.717, 1.165) is 44.0 Å². The molecule has 8 nitrogen and oxygen atoms in total. The number of carbonyl (C=O) groups is 2. The average molecular weight is 547 g/mol. The number of amides is 3. The second-order valence-electron chi connectivity index (χ2n) is 11.2. The molecule has 0 spiro atoms. The predicted molar refractivity (Wildman–Crippen MR) is 140 cm³/mol. The zero-order chi connectivity index (χ0) is 27.7. The number of rotatable bonds is 7. The van der Waals surface area contributed by atoms with Gasteiger partial charge in [0.05, 0.1) is 35.1 Å². The van der Waals surface area contributed by atoms with Gasteiger partial charge in [-0.3, -0.25) is 9.48 Å². The molecule has 1 saturated carbocycles. The number of aromatic nitrogens is 2. The van der Waals surface area contributed by atoms with E-state index < -0.39 is 17.8 Å². The smallest absolute Gasteiger partial charge is 0.337 e. The van der Waals surface area contributed by atoms with Crippen molar-refractivity contribution in [1.82, 2.24) is 29.8 Å². The number of halogens is 3. The van der Waals surface area contributed by atoms with Crippen molar-refractivity contribution in [2.24, 2.45) is 0 Å². The summed E-state index contributed by atoms with van der Waals surface area (Å²) in [5, 5.41) is 7.61. The van der Waals surface area contributed by atoms with E-state index in [2.05, 4.69) is 10.4 Å². The molecule has 1 N–H and O–H groups in total. The van der Waals surface area contributed by atoms with Crippen LogP contribution >= 0.6 is 0 Å². The summed E-state index contributed by atoms with van der Waals surface area (Å²) in [5.41, 5.74) is 0.902. The molecule has 1 aromatic carbocycles. The van der Waals surface area contributed by atoms with Crippen molar-refractivity contribution in [2.45, 2.75) is 62.7 Å². The van der Waals surface area contributed by atoms with Crippen LogP contribution in [0.3, 0.4) is 0 Å². The van der Waals surface area contributed by atoms with Gasteiger partial charge in [0.2, 0.25) is 0 Å². The van der Waals surface area contributed by atoms with Gasteiger partial charge in [-0.05, 0) is 64.3 Å². The van der Waals surface area contributed by atoms with Crippen LogP contribution in [-0.4, -0.2) is 83.2 Å². The first-order valence-corrected chi connectivity index (χ1v) is 13.9. The van der Waals surface area contributed by atoms with Crippen molar-refractivity contribution in [3.63, 3.8) is 0 Å². The molecule has 2 saturated heterocycles. The van der Waals surface area contributed by atoms with E-state index in [-0.39, 0.29) is 29.5 Å². The van der Waals surface area contributed by atoms with Crippen LogP contribution in [-0.2, 0) is 6.18 Å². The van der Waals surface area contributed by atoms with E-state index in [4.69, 9.17) is 0 Å². The summed E-state index contributed by atoms with van der Waals surface area (Å²) in [7, 11) is 3.92. The quantitative estimate of drug-likeness (QED) is 0.548. The molecule has 39 heavy (non-hydrogen) atoms. The van der Waals surface area contributed by atoms with Crippen molar-refractivity contribution in [3.8, 4) is 0 Å². The summed E-state index contributed by atoms with van der Waals surface area (Å²) in [6.45, 7) is 3.00. The molecular weight excluding hydrogens is 509 g/mol. The number of urea groups is 1. The Labute approximate surface area is 227 Å². The van der Waals surface area contributed by atoms with Crippen molar-refractivity contribution in [1.29, 1.82) is 0 Å². The van der Waals surface area contributed by atoms with Crippen LogP contribution < -0.4 is 5.32 Å². The fourth-order valence-electron chi connectivity index (χ4n) is 5.94. The lowest BCUT2D eigenvalue weighted by atomic mass is 9.97. The Morgan fingerprint density at radius 1 is 1.05 bits per heavy atom. The molecule has 3 fully saturated rings. The highest BCUT2D eigenvalue weighted by molar-refractivity contribution is 5.96. The van der Waals surface area contributed by atoms with Gasteiger partial charge >= 0.3 is 12.2 Å². The molecule has 212 valence electrons. The molecule has 1 atom stereocenters. The number of alkyl halides is 3. The van der Waals surface area contributed by atoms with Gasteiger partial charge in [0.1, 0.15) is 0 Å². The predicted octanol–water partition coefficient (Wildman–Crippen LogP) is 4.66. The summed E-state index contributed by atoms with van der Waals surface area (Å²) in [5.74, 6) is 0.00246. The molecule has 1 aromatic heterocycles. The second kappa shape index (κ2) is 11.2. The van der Waals surface area contributed by atoms with Gasteiger partial charge in [0.25, 0.3) is 5.91 Å². The van der Waals surface area contributed by atoms with Gasteiger partial charge in [-0.15, -0.1) is 0 Å². The molecule has 5 rings (SSSR count). The lowest BCUT2D eigenvalue weighted by Gasteiger charge is -2.33. The van der Waals surface area contributed by atoms with Crippen LogP contribution in [0, 0.1) is 0 Å². The van der Waals surface area contributed by atoms with E-state index in [1.807, 2.05) is 28.6 Å². The van der Waals surface area contributed by atoms with Gasteiger partial charge in [0, 0.05) is 38.6 Å². The van der Waals surface area contributed by atoms with Gasteiger partial charge < -0.3 is 20.0 Å². The maximum absolute atomic E-state index is 13.9. The van der Waals surface area contributed by atoms with E-state index in [0.29, 0.717) is 44.6 Å². The number of nitrogens with one attached hydrogen (secondary N) is 1.